The lowest BCUT2D eigenvalue weighted by Crippen LogP contribution is -2.63. The average molecular weight is 501 g/mol. The Morgan fingerprint density at radius 1 is 0.690 bits per heavy atom. The molecule has 0 saturated heterocycles. The Morgan fingerprint density at radius 3 is 1.31 bits per heavy atom. The minimum atomic E-state index is -2.91. The van der Waals surface area contributed by atoms with Gasteiger partial charge in [0.05, 0.1) is 0 Å². The van der Waals surface area contributed by atoms with Crippen molar-refractivity contribution in [3.63, 3.8) is 0 Å². The summed E-state index contributed by atoms with van der Waals surface area (Å²) >= 11 is 0. The molecular formula is C18H48O6Si5. The Morgan fingerprint density at radius 2 is 1.03 bits per heavy atom. The summed E-state index contributed by atoms with van der Waals surface area (Å²) < 4.78 is 38.9. The highest BCUT2D eigenvalue weighted by Gasteiger charge is 2.58. The third kappa shape index (κ3) is 10.8. The maximum atomic E-state index is 6.85. The molecule has 0 radical (unpaired) electrons. The van der Waals surface area contributed by atoms with E-state index in [0.717, 1.165) is 19.3 Å². The second-order valence-electron chi connectivity index (χ2n) is 8.77. The maximum absolute atomic E-state index is 6.85. The summed E-state index contributed by atoms with van der Waals surface area (Å²) in [5.74, 6) is 0. The van der Waals surface area contributed by atoms with E-state index in [0.29, 0.717) is 19.8 Å². The molecule has 176 valence electrons. The van der Waals surface area contributed by atoms with E-state index in [-0.39, 0.29) is 5.16 Å². The lowest BCUT2D eigenvalue weighted by Gasteiger charge is -2.44. The van der Waals surface area contributed by atoms with Crippen LogP contribution in [0.1, 0.15) is 47.0 Å². The van der Waals surface area contributed by atoms with E-state index in [4.69, 9.17) is 25.6 Å². The molecule has 0 fully saturated rings. The third-order valence-electron chi connectivity index (χ3n) is 4.44. The number of hydrogen-bond acceptors (Lipinski definition) is 6. The second-order valence-corrected chi connectivity index (χ2v) is 25.0. The smallest absolute Gasteiger partial charge is 0.420 e. The first-order chi connectivity index (χ1) is 13.4. The van der Waals surface area contributed by atoms with Crippen molar-refractivity contribution in [3.8, 4) is 0 Å². The quantitative estimate of drug-likeness (QED) is 0.264. The molecule has 0 saturated carbocycles. The molecule has 1 unspecified atom stereocenters. The van der Waals surface area contributed by atoms with E-state index in [1.165, 1.54) is 0 Å². The van der Waals surface area contributed by atoms with Crippen LogP contribution in [0, 0.1) is 0 Å². The highest BCUT2D eigenvalue weighted by atomic mass is 28.5. The zero-order valence-corrected chi connectivity index (χ0v) is 26.2. The van der Waals surface area contributed by atoms with E-state index in [1.54, 1.807) is 0 Å². The van der Waals surface area contributed by atoms with Gasteiger partial charge in [0.1, 0.15) is 0 Å². The predicted octanol–water partition coefficient (Wildman–Crippen LogP) is 4.92. The van der Waals surface area contributed by atoms with Gasteiger partial charge in [-0.25, -0.2) is 0 Å². The van der Waals surface area contributed by atoms with Crippen LogP contribution in [0.5, 0.6) is 0 Å². The van der Waals surface area contributed by atoms with E-state index in [9.17, 15) is 0 Å². The fourth-order valence-corrected chi connectivity index (χ4v) is 23.7. The zero-order chi connectivity index (χ0) is 22.7. The van der Waals surface area contributed by atoms with Crippen molar-refractivity contribution >= 4 is 44.0 Å². The molecule has 0 aromatic heterocycles. The van der Waals surface area contributed by atoms with Crippen LogP contribution in [-0.2, 0) is 25.6 Å². The molecule has 0 aromatic rings. The van der Waals surface area contributed by atoms with Crippen LogP contribution in [0.15, 0.2) is 0 Å². The van der Waals surface area contributed by atoms with Crippen molar-refractivity contribution in [2.75, 3.05) is 19.8 Å². The first-order valence-electron chi connectivity index (χ1n) is 11.4. The van der Waals surface area contributed by atoms with Crippen molar-refractivity contribution in [2.24, 2.45) is 0 Å². The SMILES string of the molecule is CCCO[Si](OCCC)(OCCC)C(C)[Si](C)(C)O[Si](C)(O[SiH](C)C)O[SiH](C)C. The highest BCUT2D eigenvalue weighted by Crippen LogP contribution is 2.37. The first kappa shape index (κ1) is 29.8. The fourth-order valence-electron chi connectivity index (χ4n) is 3.16. The molecule has 0 bridgehead atoms. The van der Waals surface area contributed by atoms with E-state index >= 15 is 0 Å². The summed E-state index contributed by atoms with van der Waals surface area (Å²) in [5, 5.41) is 0.0846. The third-order valence-corrected chi connectivity index (χ3v) is 23.3. The average Bonchev–Trinajstić information content (AvgIpc) is 2.58. The Hall–Kier alpha value is 0.844. The number of hydrogen-bond donors (Lipinski definition) is 0. The van der Waals surface area contributed by atoms with E-state index in [2.05, 4.69) is 73.5 Å². The van der Waals surface area contributed by atoms with Crippen LogP contribution in [0.4, 0.5) is 0 Å². The molecule has 11 heteroatoms. The van der Waals surface area contributed by atoms with Gasteiger partial charge in [0.25, 0.3) is 0 Å². The van der Waals surface area contributed by atoms with Crippen molar-refractivity contribution in [1.82, 2.24) is 0 Å². The summed E-state index contributed by atoms with van der Waals surface area (Å²) in [6, 6.07) is 0. The first-order valence-corrected chi connectivity index (χ1v) is 23.9. The zero-order valence-electron chi connectivity index (χ0n) is 20.9. The van der Waals surface area contributed by atoms with Gasteiger partial charge >= 0.3 is 17.6 Å². The van der Waals surface area contributed by atoms with Crippen molar-refractivity contribution < 1.29 is 25.6 Å². The molecule has 0 aliphatic rings. The molecular weight excluding hydrogens is 453 g/mol. The van der Waals surface area contributed by atoms with Crippen LogP contribution in [-0.4, -0.2) is 63.8 Å². The normalized spacial score (nSPS) is 14.8. The van der Waals surface area contributed by atoms with Crippen LogP contribution in [0.2, 0.25) is 51.0 Å². The molecule has 1 atom stereocenters. The largest absolute Gasteiger partial charge is 0.503 e. The van der Waals surface area contributed by atoms with Gasteiger partial charge in [0, 0.05) is 31.5 Å². The second kappa shape index (κ2) is 14.1. The van der Waals surface area contributed by atoms with E-state index < -0.39 is 44.0 Å². The molecule has 0 N–H and O–H groups in total. The standard InChI is InChI=1S/C18H48O6Si5/c1-12-15-19-29(20-16-13-2,21-17-14-3)18(4)27(9,10)24-28(11,22-25(5)6)23-26(7)8/h18,25-26H,12-17H2,1-11H3. The van der Waals surface area contributed by atoms with Gasteiger partial charge in [-0.15, -0.1) is 0 Å². The van der Waals surface area contributed by atoms with Crippen molar-refractivity contribution in [2.45, 2.75) is 98.0 Å². The van der Waals surface area contributed by atoms with Gasteiger partial charge in [-0.1, -0.05) is 27.7 Å². The summed E-state index contributed by atoms with van der Waals surface area (Å²) in [5.41, 5.74) is 0. The van der Waals surface area contributed by atoms with Crippen LogP contribution < -0.4 is 0 Å². The Kier molecular flexibility index (Phi) is 14.5. The van der Waals surface area contributed by atoms with Crippen LogP contribution in [0.25, 0.3) is 0 Å². The molecule has 0 spiro atoms. The molecule has 0 aliphatic heterocycles. The summed E-state index contributed by atoms with van der Waals surface area (Å²) in [7, 11) is -10.5. The van der Waals surface area contributed by atoms with Crippen molar-refractivity contribution in [3.05, 3.63) is 0 Å². The lowest BCUT2D eigenvalue weighted by molar-refractivity contribution is 0.0553. The monoisotopic (exact) mass is 500 g/mol. The summed E-state index contributed by atoms with van der Waals surface area (Å²) in [6.45, 7) is 25.8. The highest BCUT2D eigenvalue weighted by molar-refractivity contribution is 6.92. The summed E-state index contributed by atoms with van der Waals surface area (Å²) in [4.78, 5) is 0. The fraction of sp³-hybridized carbons (Fsp3) is 1.00. The lowest BCUT2D eigenvalue weighted by atomic mass is 10.5. The van der Waals surface area contributed by atoms with Gasteiger partial charge in [-0.05, 0) is 58.5 Å². The minimum absolute atomic E-state index is 0.0846. The van der Waals surface area contributed by atoms with Gasteiger partial charge in [0.15, 0.2) is 26.4 Å². The number of rotatable bonds is 17. The van der Waals surface area contributed by atoms with Crippen LogP contribution >= 0.6 is 0 Å². The Labute approximate surface area is 187 Å². The Bertz CT molecular complexity index is 407. The summed E-state index contributed by atoms with van der Waals surface area (Å²) in [6.07, 6.45) is 2.81. The molecule has 6 nitrogen and oxygen atoms in total. The van der Waals surface area contributed by atoms with Gasteiger partial charge in [0.2, 0.25) is 0 Å². The molecule has 0 amide bonds. The molecule has 0 aromatic carbocycles. The Balaban J connectivity index is 5.84. The molecule has 0 aliphatic carbocycles. The van der Waals surface area contributed by atoms with Gasteiger partial charge in [-0.2, -0.15) is 0 Å². The van der Waals surface area contributed by atoms with E-state index in [1.807, 2.05) is 0 Å². The van der Waals surface area contributed by atoms with Crippen molar-refractivity contribution in [1.29, 1.82) is 0 Å². The minimum Gasteiger partial charge on any atom is -0.420 e. The molecule has 0 heterocycles. The van der Waals surface area contributed by atoms with Gasteiger partial charge in [-0.3, -0.25) is 0 Å². The predicted molar refractivity (Wildman–Crippen MR) is 134 cm³/mol. The van der Waals surface area contributed by atoms with Gasteiger partial charge < -0.3 is 25.6 Å². The molecule has 29 heavy (non-hydrogen) atoms. The maximum Gasteiger partial charge on any atom is 0.503 e. The topological polar surface area (TPSA) is 55.4 Å². The van der Waals surface area contributed by atoms with Crippen LogP contribution in [0.3, 0.4) is 0 Å². The molecule has 0 rings (SSSR count).